The lowest BCUT2D eigenvalue weighted by Gasteiger charge is -2.21. The maximum Gasteiger partial charge on any atom is 0.417 e. The Morgan fingerprint density at radius 3 is 2.32 bits per heavy atom. The van der Waals surface area contributed by atoms with E-state index in [-0.39, 0.29) is 13.0 Å². The standard InChI is InChI=1S/C14H16F3NO6S/c1-3-6-18(8-12(19)20)25(22,23)9-4-5-10(13(21)24-2)11(7-9)14(15,16)17/h4-5,7H,3,6,8H2,1-2H3,(H,19,20). The summed E-state index contributed by atoms with van der Waals surface area (Å²) in [5.41, 5.74) is -2.32. The number of ether oxygens (including phenoxy) is 1. The highest BCUT2D eigenvalue weighted by molar-refractivity contribution is 7.89. The summed E-state index contributed by atoms with van der Waals surface area (Å²) < 4.78 is 69.2. The SMILES string of the molecule is CCCN(CC(=O)O)S(=O)(=O)c1ccc(C(=O)OC)c(C(F)(F)F)c1. The van der Waals surface area contributed by atoms with E-state index in [1.54, 1.807) is 6.92 Å². The molecule has 0 atom stereocenters. The Bertz CT molecular complexity index is 760. The molecule has 140 valence electrons. The fourth-order valence-electron chi connectivity index (χ4n) is 2.04. The maximum atomic E-state index is 13.2. The first-order chi connectivity index (χ1) is 11.4. The number of nitrogens with zero attached hydrogens (tertiary/aromatic N) is 1. The Morgan fingerprint density at radius 1 is 1.28 bits per heavy atom. The Morgan fingerprint density at radius 2 is 1.88 bits per heavy atom. The van der Waals surface area contributed by atoms with E-state index in [0.717, 1.165) is 13.2 Å². The highest BCUT2D eigenvalue weighted by Crippen LogP contribution is 2.34. The first-order valence-corrected chi connectivity index (χ1v) is 8.40. The van der Waals surface area contributed by atoms with E-state index in [2.05, 4.69) is 4.74 Å². The van der Waals surface area contributed by atoms with Crippen molar-refractivity contribution in [3.63, 3.8) is 0 Å². The van der Waals surface area contributed by atoms with E-state index in [1.165, 1.54) is 0 Å². The second-order valence-corrected chi connectivity index (χ2v) is 6.87. The van der Waals surface area contributed by atoms with Gasteiger partial charge < -0.3 is 9.84 Å². The first kappa shape index (κ1) is 20.9. The van der Waals surface area contributed by atoms with Gasteiger partial charge >= 0.3 is 18.1 Å². The van der Waals surface area contributed by atoms with Crippen LogP contribution in [0.25, 0.3) is 0 Å². The summed E-state index contributed by atoms with van der Waals surface area (Å²) in [6.07, 6.45) is -4.74. The van der Waals surface area contributed by atoms with Crippen molar-refractivity contribution in [1.82, 2.24) is 4.31 Å². The number of benzene rings is 1. The van der Waals surface area contributed by atoms with Crippen molar-refractivity contribution in [2.45, 2.75) is 24.4 Å². The minimum atomic E-state index is -5.00. The lowest BCUT2D eigenvalue weighted by molar-refractivity contribution is -0.138. The monoisotopic (exact) mass is 383 g/mol. The van der Waals surface area contributed by atoms with Crippen molar-refractivity contribution in [2.75, 3.05) is 20.2 Å². The van der Waals surface area contributed by atoms with Crippen LogP contribution in [-0.2, 0) is 25.7 Å². The van der Waals surface area contributed by atoms with Gasteiger partial charge in [0.15, 0.2) is 0 Å². The van der Waals surface area contributed by atoms with Gasteiger partial charge in [-0.2, -0.15) is 17.5 Å². The summed E-state index contributed by atoms with van der Waals surface area (Å²) in [5.74, 6) is -2.72. The number of aliphatic carboxylic acids is 1. The number of carbonyl (C=O) groups excluding carboxylic acids is 1. The molecular weight excluding hydrogens is 367 g/mol. The molecule has 1 aromatic carbocycles. The van der Waals surface area contributed by atoms with Gasteiger partial charge in [0.1, 0.15) is 6.54 Å². The minimum Gasteiger partial charge on any atom is -0.480 e. The Balaban J connectivity index is 3.50. The largest absolute Gasteiger partial charge is 0.480 e. The molecule has 0 spiro atoms. The van der Waals surface area contributed by atoms with Gasteiger partial charge in [-0.1, -0.05) is 6.92 Å². The summed E-state index contributed by atoms with van der Waals surface area (Å²) in [7, 11) is -3.60. The second kappa shape index (κ2) is 7.83. The zero-order valence-electron chi connectivity index (χ0n) is 13.3. The summed E-state index contributed by atoms with van der Waals surface area (Å²) >= 11 is 0. The Hall–Kier alpha value is -2.14. The number of sulfonamides is 1. The minimum absolute atomic E-state index is 0.186. The van der Waals surface area contributed by atoms with E-state index < -0.39 is 50.7 Å². The van der Waals surface area contributed by atoms with Crippen molar-refractivity contribution in [2.24, 2.45) is 0 Å². The third-order valence-corrected chi connectivity index (χ3v) is 4.97. The smallest absolute Gasteiger partial charge is 0.417 e. The van der Waals surface area contributed by atoms with Gasteiger partial charge in [-0.25, -0.2) is 13.2 Å². The highest BCUT2D eigenvalue weighted by Gasteiger charge is 2.38. The third-order valence-electron chi connectivity index (χ3n) is 3.12. The fraction of sp³-hybridized carbons (Fsp3) is 0.429. The van der Waals surface area contributed by atoms with Gasteiger partial charge in [0, 0.05) is 6.54 Å². The number of esters is 1. The van der Waals surface area contributed by atoms with Crippen LogP contribution in [0.2, 0.25) is 0 Å². The van der Waals surface area contributed by atoms with Gasteiger partial charge in [0.2, 0.25) is 10.0 Å². The van der Waals surface area contributed by atoms with Gasteiger partial charge in [-0.3, -0.25) is 4.79 Å². The lowest BCUT2D eigenvalue weighted by Crippen LogP contribution is -2.36. The van der Waals surface area contributed by atoms with Crippen molar-refractivity contribution in [1.29, 1.82) is 0 Å². The number of halogens is 3. The van der Waals surface area contributed by atoms with Gasteiger partial charge in [0.05, 0.1) is 23.1 Å². The van der Waals surface area contributed by atoms with Crippen LogP contribution in [0.15, 0.2) is 23.1 Å². The number of carboxylic acids is 1. The topological polar surface area (TPSA) is 101 Å². The molecule has 1 rings (SSSR count). The molecular formula is C14H16F3NO6S. The molecule has 0 amide bonds. The van der Waals surface area contributed by atoms with Crippen molar-refractivity contribution < 1.29 is 41.0 Å². The Labute approximate surface area is 142 Å². The van der Waals surface area contributed by atoms with Crippen LogP contribution < -0.4 is 0 Å². The van der Waals surface area contributed by atoms with Crippen LogP contribution >= 0.6 is 0 Å². The quantitative estimate of drug-likeness (QED) is 0.723. The summed E-state index contributed by atoms with van der Waals surface area (Å²) in [5, 5.41) is 8.81. The molecule has 0 heterocycles. The average molecular weight is 383 g/mol. The molecule has 0 aromatic heterocycles. The molecule has 11 heteroatoms. The molecule has 0 saturated heterocycles. The predicted molar refractivity (Wildman–Crippen MR) is 79.5 cm³/mol. The summed E-state index contributed by atoms with van der Waals surface area (Å²) in [6, 6.07) is 1.79. The lowest BCUT2D eigenvalue weighted by atomic mass is 10.1. The van der Waals surface area contributed by atoms with Crippen LogP contribution in [-0.4, -0.2) is 50.0 Å². The second-order valence-electron chi connectivity index (χ2n) is 4.93. The van der Waals surface area contributed by atoms with E-state index in [9.17, 15) is 31.2 Å². The van der Waals surface area contributed by atoms with E-state index in [1.807, 2.05) is 0 Å². The number of carboxylic acid groups (broad SMARTS) is 1. The molecule has 0 aliphatic heterocycles. The molecule has 0 aliphatic carbocycles. The number of hydrogen-bond acceptors (Lipinski definition) is 5. The molecule has 0 saturated carbocycles. The zero-order chi connectivity index (χ0) is 19.4. The Kier molecular flexibility index (Phi) is 6.54. The van der Waals surface area contributed by atoms with Crippen LogP contribution in [0.3, 0.4) is 0 Å². The number of carbonyl (C=O) groups is 2. The van der Waals surface area contributed by atoms with E-state index in [0.29, 0.717) is 16.4 Å². The molecule has 7 nitrogen and oxygen atoms in total. The number of rotatable bonds is 7. The van der Waals surface area contributed by atoms with Gasteiger partial charge in [-0.05, 0) is 24.6 Å². The van der Waals surface area contributed by atoms with Crippen LogP contribution in [0, 0.1) is 0 Å². The molecule has 0 radical (unpaired) electrons. The van der Waals surface area contributed by atoms with Gasteiger partial charge in [-0.15, -0.1) is 0 Å². The zero-order valence-corrected chi connectivity index (χ0v) is 14.1. The molecule has 0 unspecified atom stereocenters. The van der Waals surface area contributed by atoms with Crippen molar-refractivity contribution >= 4 is 22.0 Å². The molecule has 0 aliphatic rings. The number of methoxy groups -OCH3 is 1. The fourth-order valence-corrected chi connectivity index (χ4v) is 3.55. The highest BCUT2D eigenvalue weighted by atomic mass is 32.2. The van der Waals surface area contributed by atoms with Crippen LogP contribution in [0.4, 0.5) is 13.2 Å². The van der Waals surface area contributed by atoms with Gasteiger partial charge in [0.25, 0.3) is 0 Å². The van der Waals surface area contributed by atoms with E-state index in [4.69, 9.17) is 5.11 Å². The van der Waals surface area contributed by atoms with Crippen molar-refractivity contribution in [3.05, 3.63) is 29.3 Å². The summed E-state index contributed by atoms with van der Waals surface area (Å²) in [6.45, 7) is 0.511. The van der Waals surface area contributed by atoms with E-state index >= 15 is 0 Å². The number of hydrogen-bond donors (Lipinski definition) is 1. The summed E-state index contributed by atoms with van der Waals surface area (Å²) in [4.78, 5) is 21.5. The predicted octanol–water partition coefficient (Wildman–Crippen LogP) is 1.98. The van der Waals surface area contributed by atoms with Crippen LogP contribution in [0.1, 0.15) is 29.3 Å². The molecule has 1 aromatic rings. The molecule has 0 fully saturated rings. The third kappa shape index (κ3) is 4.92. The average Bonchev–Trinajstić information content (AvgIpc) is 2.51. The molecule has 0 bridgehead atoms. The first-order valence-electron chi connectivity index (χ1n) is 6.96. The molecule has 25 heavy (non-hydrogen) atoms. The maximum absolute atomic E-state index is 13.2. The van der Waals surface area contributed by atoms with Crippen molar-refractivity contribution in [3.8, 4) is 0 Å². The normalized spacial score (nSPS) is 12.2. The number of alkyl halides is 3. The molecule has 1 N–H and O–H groups in total. The van der Waals surface area contributed by atoms with Crippen LogP contribution in [0.5, 0.6) is 0 Å².